The Bertz CT molecular complexity index is 489. The van der Waals surface area contributed by atoms with Crippen molar-refractivity contribution in [2.75, 3.05) is 0 Å². The molecular formula is C14H12N2. The van der Waals surface area contributed by atoms with Crippen LogP contribution in [0, 0.1) is 5.92 Å². The van der Waals surface area contributed by atoms with Crippen molar-refractivity contribution < 1.29 is 4.79 Å². The summed E-state index contributed by atoms with van der Waals surface area (Å²) in [6.45, 7) is 0. The molecular weight excluding hydrogens is 196 g/mol. The Morgan fingerprint density at radius 2 is 1.94 bits per heavy atom. The molecule has 0 fully saturated rings. The van der Waals surface area contributed by atoms with Gasteiger partial charge in [-0.1, -0.05) is 60.7 Å². The second-order valence-electron chi connectivity index (χ2n) is 3.56. The minimum absolute atomic E-state index is 0.0511. The quantitative estimate of drug-likeness (QED) is 0.529. The second-order valence-corrected chi connectivity index (χ2v) is 3.56. The standard InChI is InChI=1S/C14H12N2/c15-16-14-9-5-4-8-13(14)11-10-12-6-2-1-3-7-12/h1-11,13H. The topological polar surface area (TPSA) is 36.4 Å². The van der Waals surface area contributed by atoms with Crippen molar-refractivity contribution in [2.24, 2.45) is 5.92 Å². The largest absolute Gasteiger partial charge is 0.361 e. The molecule has 2 nitrogen and oxygen atoms in total. The van der Waals surface area contributed by atoms with Gasteiger partial charge in [-0.3, -0.25) is 0 Å². The molecule has 0 aromatic heterocycles. The van der Waals surface area contributed by atoms with Crippen LogP contribution in [0.25, 0.3) is 11.6 Å². The molecule has 1 atom stereocenters. The van der Waals surface area contributed by atoms with E-state index in [9.17, 15) is 0 Å². The van der Waals surface area contributed by atoms with Gasteiger partial charge < -0.3 is 5.53 Å². The first kappa shape index (κ1) is 10.3. The maximum Gasteiger partial charge on any atom is 0.302 e. The first-order chi connectivity index (χ1) is 7.90. The van der Waals surface area contributed by atoms with E-state index in [1.807, 2.05) is 60.7 Å². The molecule has 2 rings (SSSR count). The Morgan fingerprint density at radius 3 is 2.69 bits per heavy atom. The van der Waals surface area contributed by atoms with Gasteiger partial charge in [0.15, 0.2) is 0 Å². The Kier molecular flexibility index (Phi) is 3.27. The van der Waals surface area contributed by atoms with Gasteiger partial charge in [-0.15, -0.1) is 0 Å². The fourth-order valence-corrected chi connectivity index (χ4v) is 1.59. The van der Waals surface area contributed by atoms with Crippen LogP contribution in [-0.2, 0) is 0 Å². The van der Waals surface area contributed by atoms with Crippen molar-refractivity contribution in [3.05, 3.63) is 71.8 Å². The van der Waals surface area contributed by atoms with Crippen molar-refractivity contribution >= 4 is 11.8 Å². The zero-order valence-electron chi connectivity index (χ0n) is 8.82. The zero-order chi connectivity index (χ0) is 11.2. The Morgan fingerprint density at radius 1 is 1.12 bits per heavy atom. The van der Waals surface area contributed by atoms with Crippen LogP contribution in [0.5, 0.6) is 0 Å². The van der Waals surface area contributed by atoms with Crippen molar-refractivity contribution in [1.29, 1.82) is 0 Å². The number of allylic oxidation sites excluding steroid dienone is 5. The fraction of sp³-hybridized carbons (Fsp3) is 0.0714. The summed E-state index contributed by atoms with van der Waals surface area (Å²) in [4.78, 5) is 3.27. The van der Waals surface area contributed by atoms with Gasteiger partial charge in [0.05, 0.1) is 5.92 Å². The van der Waals surface area contributed by atoms with Crippen molar-refractivity contribution in [3.63, 3.8) is 0 Å². The van der Waals surface area contributed by atoms with E-state index in [0.717, 1.165) is 5.56 Å². The zero-order valence-corrected chi connectivity index (χ0v) is 8.82. The van der Waals surface area contributed by atoms with E-state index < -0.39 is 0 Å². The van der Waals surface area contributed by atoms with Gasteiger partial charge in [-0.05, 0) is 5.56 Å². The van der Waals surface area contributed by atoms with Crippen molar-refractivity contribution in [3.8, 4) is 0 Å². The van der Waals surface area contributed by atoms with Gasteiger partial charge in [-0.25, -0.2) is 0 Å². The molecule has 0 saturated carbocycles. The summed E-state index contributed by atoms with van der Waals surface area (Å²) in [5.74, 6) is 0.0511. The van der Waals surface area contributed by atoms with Crippen molar-refractivity contribution in [2.45, 2.75) is 0 Å². The van der Waals surface area contributed by atoms with E-state index >= 15 is 0 Å². The van der Waals surface area contributed by atoms with E-state index in [2.05, 4.69) is 4.79 Å². The van der Waals surface area contributed by atoms with E-state index in [4.69, 9.17) is 5.53 Å². The first-order valence-corrected chi connectivity index (χ1v) is 5.20. The summed E-state index contributed by atoms with van der Waals surface area (Å²) < 4.78 is 0. The molecule has 0 bridgehead atoms. The third-order valence-electron chi connectivity index (χ3n) is 2.45. The predicted octanol–water partition coefficient (Wildman–Crippen LogP) is 3.11. The summed E-state index contributed by atoms with van der Waals surface area (Å²) in [5.41, 5.74) is 10.6. The highest BCUT2D eigenvalue weighted by molar-refractivity contribution is 5.96. The number of nitrogens with zero attached hydrogens (tertiary/aromatic N) is 2. The molecule has 0 amide bonds. The highest BCUT2D eigenvalue weighted by Crippen LogP contribution is 2.12. The van der Waals surface area contributed by atoms with Crippen LogP contribution in [-0.4, -0.2) is 10.5 Å². The Hall–Kier alpha value is -2.18. The van der Waals surface area contributed by atoms with Crippen LogP contribution < -0.4 is 0 Å². The van der Waals surface area contributed by atoms with Gasteiger partial charge in [0, 0.05) is 6.08 Å². The molecule has 1 aromatic rings. The molecule has 78 valence electrons. The number of hydrogen-bond donors (Lipinski definition) is 0. The molecule has 1 aliphatic carbocycles. The van der Waals surface area contributed by atoms with Gasteiger partial charge in [-0.2, -0.15) is 4.79 Å². The molecule has 0 saturated heterocycles. The van der Waals surface area contributed by atoms with Crippen LogP contribution >= 0.6 is 0 Å². The summed E-state index contributed by atoms with van der Waals surface area (Å²) >= 11 is 0. The number of rotatable bonds is 2. The molecule has 1 aliphatic rings. The van der Waals surface area contributed by atoms with Crippen LogP contribution in [0.3, 0.4) is 0 Å². The summed E-state index contributed by atoms with van der Waals surface area (Å²) in [7, 11) is 0. The fourth-order valence-electron chi connectivity index (χ4n) is 1.59. The minimum atomic E-state index is 0.0511. The molecule has 0 heterocycles. The average molecular weight is 208 g/mol. The van der Waals surface area contributed by atoms with E-state index in [-0.39, 0.29) is 5.92 Å². The van der Waals surface area contributed by atoms with Gasteiger partial charge in [0.2, 0.25) is 0 Å². The molecule has 0 N–H and O–H groups in total. The lowest BCUT2D eigenvalue weighted by molar-refractivity contribution is -0.00771. The lowest BCUT2D eigenvalue weighted by Gasteiger charge is -2.02. The highest BCUT2D eigenvalue weighted by Gasteiger charge is 2.16. The van der Waals surface area contributed by atoms with Crippen LogP contribution in [0.15, 0.2) is 60.7 Å². The average Bonchev–Trinajstić information content (AvgIpc) is 2.38. The Balaban J connectivity index is 2.16. The molecule has 0 radical (unpaired) electrons. The SMILES string of the molecule is [N-]=[N+]=C1C=CC=CC1C=Cc1ccccc1. The molecule has 1 unspecified atom stereocenters. The summed E-state index contributed by atoms with van der Waals surface area (Å²) in [6.07, 6.45) is 11.7. The first-order valence-electron chi connectivity index (χ1n) is 5.20. The molecule has 2 heteroatoms. The second kappa shape index (κ2) is 5.06. The minimum Gasteiger partial charge on any atom is -0.361 e. The monoisotopic (exact) mass is 208 g/mol. The van der Waals surface area contributed by atoms with Crippen LogP contribution in [0.1, 0.15) is 5.56 Å². The van der Waals surface area contributed by atoms with E-state index in [1.165, 1.54) is 0 Å². The van der Waals surface area contributed by atoms with E-state index in [1.54, 1.807) is 6.08 Å². The predicted molar refractivity (Wildman–Crippen MR) is 65.9 cm³/mol. The molecule has 1 aromatic carbocycles. The van der Waals surface area contributed by atoms with Gasteiger partial charge >= 0.3 is 5.71 Å². The molecule has 16 heavy (non-hydrogen) atoms. The number of benzene rings is 1. The lowest BCUT2D eigenvalue weighted by Crippen LogP contribution is -2.10. The summed E-state index contributed by atoms with van der Waals surface area (Å²) in [6, 6.07) is 10.1. The third-order valence-corrected chi connectivity index (χ3v) is 2.45. The molecule has 0 aliphatic heterocycles. The number of hydrogen-bond acceptors (Lipinski definition) is 0. The molecule has 0 spiro atoms. The maximum absolute atomic E-state index is 8.83. The maximum atomic E-state index is 8.83. The third kappa shape index (κ3) is 2.44. The van der Waals surface area contributed by atoms with Crippen molar-refractivity contribution in [1.82, 2.24) is 0 Å². The normalized spacial score (nSPS) is 19.0. The lowest BCUT2D eigenvalue weighted by atomic mass is 9.97. The highest BCUT2D eigenvalue weighted by atomic mass is 14.9. The summed E-state index contributed by atoms with van der Waals surface area (Å²) in [5, 5.41) is 0. The van der Waals surface area contributed by atoms with Crippen LogP contribution in [0.4, 0.5) is 0 Å². The smallest absolute Gasteiger partial charge is 0.302 e. The van der Waals surface area contributed by atoms with Gasteiger partial charge in [0.25, 0.3) is 0 Å². The Labute approximate surface area is 94.9 Å². The van der Waals surface area contributed by atoms with Crippen LogP contribution in [0.2, 0.25) is 0 Å². The van der Waals surface area contributed by atoms with Gasteiger partial charge in [0.1, 0.15) is 0 Å². The van der Waals surface area contributed by atoms with E-state index in [0.29, 0.717) is 5.71 Å².